The summed E-state index contributed by atoms with van der Waals surface area (Å²) in [5.74, 6) is 0. The molecule has 0 fully saturated rings. The van der Waals surface area contributed by atoms with Crippen molar-refractivity contribution >= 4 is 11.7 Å². The standard InChI is InChI=1S/C13H21N3O/c1-10-6-4-7-11(2)12(10)16-13(17)15-9-5-8-14-3/h4,6-7,14H,5,8-9H2,1-3H3,(H2,15,16,17). The van der Waals surface area contributed by atoms with Gasteiger partial charge in [-0.1, -0.05) is 18.2 Å². The van der Waals surface area contributed by atoms with E-state index in [2.05, 4.69) is 16.0 Å². The summed E-state index contributed by atoms with van der Waals surface area (Å²) in [7, 11) is 1.90. The second kappa shape index (κ2) is 6.91. The van der Waals surface area contributed by atoms with Crippen LogP contribution in [-0.4, -0.2) is 26.2 Å². The molecule has 94 valence electrons. The number of para-hydroxylation sites is 1. The maximum Gasteiger partial charge on any atom is 0.319 e. The molecule has 0 spiro atoms. The number of amides is 2. The number of benzene rings is 1. The molecule has 17 heavy (non-hydrogen) atoms. The number of urea groups is 1. The molecule has 0 aliphatic carbocycles. The average molecular weight is 235 g/mol. The van der Waals surface area contributed by atoms with E-state index in [9.17, 15) is 4.79 Å². The van der Waals surface area contributed by atoms with Crippen LogP contribution in [0.3, 0.4) is 0 Å². The Morgan fingerprint density at radius 1 is 1.18 bits per heavy atom. The molecule has 0 radical (unpaired) electrons. The van der Waals surface area contributed by atoms with E-state index in [4.69, 9.17) is 0 Å². The summed E-state index contributed by atoms with van der Waals surface area (Å²) in [5.41, 5.74) is 3.06. The Kier molecular flexibility index (Phi) is 5.49. The van der Waals surface area contributed by atoms with Crippen LogP contribution in [0.25, 0.3) is 0 Å². The highest BCUT2D eigenvalue weighted by molar-refractivity contribution is 5.90. The van der Waals surface area contributed by atoms with Crippen LogP contribution in [0.15, 0.2) is 18.2 Å². The van der Waals surface area contributed by atoms with Crippen LogP contribution in [0.5, 0.6) is 0 Å². The Labute approximate surface area is 103 Å². The highest BCUT2D eigenvalue weighted by Gasteiger charge is 2.05. The summed E-state index contributed by atoms with van der Waals surface area (Å²) in [4.78, 5) is 11.6. The SMILES string of the molecule is CNCCCNC(=O)Nc1c(C)cccc1C. The third kappa shape index (κ3) is 4.44. The van der Waals surface area contributed by atoms with Gasteiger partial charge in [0.2, 0.25) is 0 Å². The molecule has 0 aliphatic rings. The molecule has 4 nitrogen and oxygen atoms in total. The Morgan fingerprint density at radius 3 is 2.41 bits per heavy atom. The maximum absolute atomic E-state index is 11.6. The minimum atomic E-state index is -0.140. The van der Waals surface area contributed by atoms with Crippen LogP contribution in [-0.2, 0) is 0 Å². The van der Waals surface area contributed by atoms with Gasteiger partial charge in [-0.25, -0.2) is 4.79 Å². The van der Waals surface area contributed by atoms with Crippen molar-refractivity contribution in [3.8, 4) is 0 Å². The molecule has 1 aromatic rings. The smallest absolute Gasteiger partial charge is 0.319 e. The first-order valence-corrected chi connectivity index (χ1v) is 5.91. The number of aryl methyl sites for hydroxylation is 2. The molecule has 0 unspecified atom stereocenters. The van der Waals surface area contributed by atoms with Gasteiger partial charge in [0, 0.05) is 12.2 Å². The molecule has 0 atom stereocenters. The number of carbonyl (C=O) groups excluding carboxylic acids is 1. The average Bonchev–Trinajstić information content (AvgIpc) is 2.30. The largest absolute Gasteiger partial charge is 0.338 e. The van der Waals surface area contributed by atoms with Crippen molar-refractivity contribution in [2.75, 3.05) is 25.5 Å². The van der Waals surface area contributed by atoms with Gasteiger partial charge in [-0.2, -0.15) is 0 Å². The third-order valence-corrected chi connectivity index (χ3v) is 2.61. The molecule has 0 heterocycles. The number of rotatable bonds is 5. The van der Waals surface area contributed by atoms with E-state index in [1.165, 1.54) is 0 Å². The van der Waals surface area contributed by atoms with Crippen LogP contribution >= 0.6 is 0 Å². The first kappa shape index (κ1) is 13.5. The number of carbonyl (C=O) groups is 1. The fourth-order valence-corrected chi connectivity index (χ4v) is 1.64. The molecule has 1 aromatic carbocycles. The van der Waals surface area contributed by atoms with E-state index in [0.717, 1.165) is 29.8 Å². The Balaban J connectivity index is 2.45. The Bertz CT molecular complexity index is 357. The van der Waals surface area contributed by atoms with E-state index in [-0.39, 0.29) is 6.03 Å². The lowest BCUT2D eigenvalue weighted by Crippen LogP contribution is -2.31. The minimum absolute atomic E-state index is 0.140. The molecule has 4 heteroatoms. The van der Waals surface area contributed by atoms with Crippen molar-refractivity contribution in [2.24, 2.45) is 0 Å². The van der Waals surface area contributed by atoms with Gasteiger partial charge in [0.15, 0.2) is 0 Å². The number of anilines is 1. The van der Waals surface area contributed by atoms with Gasteiger partial charge in [0.05, 0.1) is 0 Å². The normalized spacial score (nSPS) is 10.1. The highest BCUT2D eigenvalue weighted by atomic mass is 16.2. The van der Waals surface area contributed by atoms with Gasteiger partial charge in [0.25, 0.3) is 0 Å². The first-order valence-electron chi connectivity index (χ1n) is 5.91. The van der Waals surface area contributed by atoms with Gasteiger partial charge in [-0.15, -0.1) is 0 Å². The Morgan fingerprint density at radius 2 is 1.82 bits per heavy atom. The summed E-state index contributed by atoms with van der Waals surface area (Å²) in [5, 5.41) is 8.75. The van der Waals surface area contributed by atoms with Crippen LogP contribution in [0, 0.1) is 13.8 Å². The molecule has 0 aromatic heterocycles. The predicted molar refractivity (Wildman–Crippen MR) is 71.5 cm³/mol. The van der Waals surface area contributed by atoms with E-state index < -0.39 is 0 Å². The van der Waals surface area contributed by atoms with E-state index >= 15 is 0 Å². The minimum Gasteiger partial charge on any atom is -0.338 e. The highest BCUT2D eigenvalue weighted by Crippen LogP contribution is 2.18. The quantitative estimate of drug-likeness (QED) is 0.684. The van der Waals surface area contributed by atoms with Crippen molar-refractivity contribution in [3.05, 3.63) is 29.3 Å². The summed E-state index contributed by atoms with van der Waals surface area (Å²) in [6.45, 7) is 5.56. The molecule has 1 rings (SSSR count). The second-order valence-corrected chi connectivity index (χ2v) is 4.10. The molecule has 3 N–H and O–H groups in total. The third-order valence-electron chi connectivity index (χ3n) is 2.61. The summed E-state index contributed by atoms with van der Waals surface area (Å²) in [6, 6.07) is 5.83. The van der Waals surface area contributed by atoms with Gasteiger partial charge in [-0.3, -0.25) is 0 Å². The topological polar surface area (TPSA) is 53.2 Å². The Hall–Kier alpha value is -1.55. The molecule has 2 amide bonds. The lowest BCUT2D eigenvalue weighted by Gasteiger charge is -2.12. The summed E-state index contributed by atoms with van der Waals surface area (Å²) in [6.07, 6.45) is 0.927. The van der Waals surface area contributed by atoms with E-state index in [1.807, 2.05) is 39.1 Å². The molecule has 0 aliphatic heterocycles. The van der Waals surface area contributed by atoms with Crippen LogP contribution in [0.4, 0.5) is 10.5 Å². The van der Waals surface area contributed by atoms with Crippen molar-refractivity contribution in [2.45, 2.75) is 20.3 Å². The summed E-state index contributed by atoms with van der Waals surface area (Å²) >= 11 is 0. The van der Waals surface area contributed by atoms with Crippen molar-refractivity contribution in [1.29, 1.82) is 0 Å². The number of hydrogen-bond donors (Lipinski definition) is 3. The monoisotopic (exact) mass is 235 g/mol. The van der Waals surface area contributed by atoms with Gasteiger partial charge < -0.3 is 16.0 Å². The van der Waals surface area contributed by atoms with Gasteiger partial charge in [-0.05, 0) is 45.0 Å². The number of nitrogens with one attached hydrogen (secondary N) is 3. The fraction of sp³-hybridized carbons (Fsp3) is 0.462. The van der Waals surface area contributed by atoms with Crippen LogP contribution < -0.4 is 16.0 Å². The van der Waals surface area contributed by atoms with Crippen molar-refractivity contribution in [1.82, 2.24) is 10.6 Å². The van der Waals surface area contributed by atoms with Crippen LogP contribution in [0.1, 0.15) is 17.5 Å². The fourth-order valence-electron chi connectivity index (χ4n) is 1.64. The second-order valence-electron chi connectivity index (χ2n) is 4.10. The van der Waals surface area contributed by atoms with Gasteiger partial charge in [0.1, 0.15) is 0 Å². The lowest BCUT2D eigenvalue weighted by atomic mass is 10.1. The molecule has 0 bridgehead atoms. The molecular weight excluding hydrogens is 214 g/mol. The zero-order valence-electron chi connectivity index (χ0n) is 10.8. The maximum atomic E-state index is 11.6. The van der Waals surface area contributed by atoms with E-state index in [0.29, 0.717) is 6.54 Å². The van der Waals surface area contributed by atoms with Crippen molar-refractivity contribution < 1.29 is 4.79 Å². The zero-order chi connectivity index (χ0) is 12.7. The first-order chi connectivity index (χ1) is 8.15. The van der Waals surface area contributed by atoms with Gasteiger partial charge >= 0.3 is 6.03 Å². The zero-order valence-corrected chi connectivity index (χ0v) is 10.8. The number of hydrogen-bond acceptors (Lipinski definition) is 2. The predicted octanol–water partition coefficient (Wildman–Crippen LogP) is 2.03. The van der Waals surface area contributed by atoms with E-state index in [1.54, 1.807) is 0 Å². The summed E-state index contributed by atoms with van der Waals surface area (Å²) < 4.78 is 0. The molecule has 0 saturated carbocycles. The lowest BCUT2D eigenvalue weighted by molar-refractivity contribution is 0.252. The molecular formula is C13H21N3O. The van der Waals surface area contributed by atoms with Crippen molar-refractivity contribution in [3.63, 3.8) is 0 Å². The van der Waals surface area contributed by atoms with Crippen LogP contribution in [0.2, 0.25) is 0 Å². The molecule has 0 saturated heterocycles.